The largest absolute Gasteiger partial charge is 0.481 e. The molecule has 1 aliphatic rings. The van der Waals surface area contributed by atoms with E-state index in [-0.39, 0.29) is 5.41 Å². The predicted octanol–water partition coefficient (Wildman–Crippen LogP) is 3.94. The Morgan fingerprint density at radius 3 is 2.55 bits per heavy atom. The molecule has 0 amide bonds. The highest BCUT2D eigenvalue weighted by molar-refractivity contribution is 7.98. The van der Waals surface area contributed by atoms with Gasteiger partial charge in [-0.2, -0.15) is 4.98 Å². The molecule has 22 heavy (non-hydrogen) atoms. The van der Waals surface area contributed by atoms with Gasteiger partial charge in [0.25, 0.3) is 0 Å². The van der Waals surface area contributed by atoms with Crippen LogP contribution in [-0.4, -0.2) is 23.3 Å². The number of ether oxygens (including phenoxy) is 1. The second-order valence-corrected chi connectivity index (χ2v) is 6.33. The summed E-state index contributed by atoms with van der Waals surface area (Å²) in [7, 11) is 1.62. The molecular weight excluding hydrogens is 316 g/mol. The fraction of sp³-hybridized carbons (Fsp3) is 0.294. The van der Waals surface area contributed by atoms with E-state index in [1.165, 1.54) is 11.8 Å². The number of hydrogen-bond acceptors (Lipinski definition) is 4. The number of rotatable bonds is 3. The molecule has 0 aliphatic heterocycles. The van der Waals surface area contributed by atoms with Crippen molar-refractivity contribution in [3.63, 3.8) is 0 Å². The Morgan fingerprint density at radius 1 is 1.23 bits per heavy atom. The lowest BCUT2D eigenvalue weighted by molar-refractivity contribution is 0.390. The number of aromatic nitrogens is 2. The molecule has 112 valence electrons. The van der Waals surface area contributed by atoms with Gasteiger partial charge in [0.2, 0.25) is 5.88 Å². The van der Waals surface area contributed by atoms with E-state index >= 15 is 0 Å². The third-order valence-corrected chi connectivity index (χ3v) is 4.40. The Kier molecular flexibility index (Phi) is 4.28. The molecule has 1 fully saturated rings. The molecule has 5 heteroatoms. The smallest absolute Gasteiger partial charge is 0.217 e. The lowest BCUT2D eigenvalue weighted by Crippen LogP contribution is -2.08. The molecule has 0 unspecified atom stereocenters. The van der Waals surface area contributed by atoms with Crippen LogP contribution >= 0.6 is 23.4 Å². The maximum absolute atomic E-state index is 5.90. The van der Waals surface area contributed by atoms with Gasteiger partial charge in [-0.1, -0.05) is 35.2 Å². The SMILES string of the molecule is COc1cc(C2(C#Cc3ccc(Cl)cc3)CC2)nc(SC)n1. The predicted molar refractivity (Wildman–Crippen MR) is 89.6 cm³/mol. The van der Waals surface area contributed by atoms with Crippen molar-refractivity contribution in [2.45, 2.75) is 23.4 Å². The zero-order valence-electron chi connectivity index (χ0n) is 12.4. The highest BCUT2D eigenvalue weighted by Gasteiger charge is 2.45. The van der Waals surface area contributed by atoms with Gasteiger partial charge in [0.05, 0.1) is 18.2 Å². The van der Waals surface area contributed by atoms with Crippen molar-refractivity contribution in [1.82, 2.24) is 9.97 Å². The first kappa shape index (κ1) is 15.2. The van der Waals surface area contributed by atoms with Crippen molar-refractivity contribution in [1.29, 1.82) is 0 Å². The molecule has 1 aromatic carbocycles. The van der Waals surface area contributed by atoms with E-state index in [9.17, 15) is 0 Å². The minimum atomic E-state index is -0.166. The molecule has 0 bridgehead atoms. The summed E-state index contributed by atoms with van der Waals surface area (Å²) >= 11 is 7.40. The first-order valence-electron chi connectivity index (χ1n) is 6.91. The third-order valence-electron chi connectivity index (χ3n) is 3.60. The average molecular weight is 331 g/mol. The molecule has 1 aliphatic carbocycles. The second kappa shape index (κ2) is 6.20. The van der Waals surface area contributed by atoms with Gasteiger partial charge in [-0.05, 0) is 43.4 Å². The van der Waals surface area contributed by atoms with Crippen LogP contribution in [-0.2, 0) is 5.41 Å². The maximum atomic E-state index is 5.90. The van der Waals surface area contributed by atoms with E-state index in [0.717, 1.165) is 29.1 Å². The van der Waals surface area contributed by atoms with Crippen LogP contribution in [0.1, 0.15) is 24.1 Å². The maximum Gasteiger partial charge on any atom is 0.217 e. The molecule has 2 aromatic rings. The summed E-state index contributed by atoms with van der Waals surface area (Å²) in [5.74, 6) is 7.20. The van der Waals surface area contributed by atoms with Crippen molar-refractivity contribution in [3.8, 4) is 17.7 Å². The number of nitrogens with zero attached hydrogens (tertiary/aromatic N) is 2. The molecule has 1 heterocycles. The molecule has 0 saturated heterocycles. The normalized spacial score (nSPS) is 14.9. The standard InChI is InChI=1S/C17H15ClN2OS/c1-21-15-11-14(19-16(20-15)22-2)17(9-10-17)8-7-12-3-5-13(18)6-4-12/h3-6,11H,9-10H2,1-2H3. The van der Waals surface area contributed by atoms with Crippen molar-refractivity contribution >= 4 is 23.4 Å². The van der Waals surface area contributed by atoms with Crippen LogP contribution < -0.4 is 4.74 Å². The molecule has 0 radical (unpaired) electrons. The van der Waals surface area contributed by atoms with E-state index in [0.29, 0.717) is 11.0 Å². The Morgan fingerprint density at radius 2 is 1.95 bits per heavy atom. The minimum absolute atomic E-state index is 0.166. The van der Waals surface area contributed by atoms with Gasteiger partial charge in [0, 0.05) is 16.7 Å². The molecule has 3 nitrogen and oxygen atoms in total. The number of methoxy groups -OCH3 is 1. The van der Waals surface area contributed by atoms with Crippen LogP contribution in [0.2, 0.25) is 5.02 Å². The lowest BCUT2D eigenvalue weighted by Gasteiger charge is -2.10. The van der Waals surface area contributed by atoms with Gasteiger partial charge in [0.1, 0.15) is 0 Å². The van der Waals surface area contributed by atoms with Crippen molar-refractivity contribution < 1.29 is 4.74 Å². The summed E-state index contributed by atoms with van der Waals surface area (Å²) in [6.07, 6.45) is 3.99. The van der Waals surface area contributed by atoms with Crippen molar-refractivity contribution in [2.75, 3.05) is 13.4 Å². The summed E-state index contributed by atoms with van der Waals surface area (Å²) in [6.45, 7) is 0. The number of hydrogen-bond donors (Lipinski definition) is 0. The topological polar surface area (TPSA) is 35.0 Å². The van der Waals surface area contributed by atoms with Crippen LogP contribution in [0.3, 0.4) is 0 Å². The van der Waals surface area contributed by atoms with Crippen LogP contribution in [0.15, 0.2) is 35.5 Å². The van der Waals surface area contributed by atoms with Gasteiger partial charge < -0.3 is 4.74 Å². The highest BCUT2D eigenvalue weighted by Crippen LogP contribution is 2.47. The molecule has 0 spiro atoms. The number of halogens is 1. The Balaban J connectivity index is 1.93. The lowest BCUT2D eigenvalue weighted by atomic mass is 10.0. The summed E-state index contributed by atoms with van der Waals surface area (Å²) in [6, 6.07) is 9.46. The monoisotopic (exact) mass is 330 g/mol. The molecular formula is C17H15ClN2OS. The number of benzene rings is 1. The summed E-state index contributed by atoms with van der Waals surface area (Å²) in [5.41, 5.74) is 1.74. The Bertz CT molecular complexity index is 723. The van der Waals surface area contributed by atoms with Crippen LogP contribution in [0.5, 0.6) is 5.88 Å². The van der Waals surface area contributed by atoms with Crippen LogP contribution in [0, 0.1) is 11.8 Å². The van der Waals surface area contributed by atoms with E-state index in [1.807, 2.05) is 36.6 Å². The van der Waals surface area contributed by atoms with Crippen molar-refractivity contribution in [2.24, 2.45) is 0 Å². The van der Waals surface area contributed by atoms with E-state index in [1.54, 1.807) is 7.11 Å². The van der Waals surface area contributed by atoms with Crippen molar-refractivity contribution in [3.05, 3.63) is 46.6 Å². The van der Waals surface area contributed by atoms with Gasteiger partial charge in [-0.15, -0.1) is 0 Å². The van der Waals surface area contributed by atoms with Crippen LogP contribution in [0.25, 0.3) is 0 Å². The molecule has 0 N–H and O–H groups in total. The first-order valence-corrected chi connectivity index (χ1v) is 8.52. The van der Waals surface area contributed by atoms with Gasteiger partial charge >= 0.3 is 0 Å². The Hall–Kier alpha value is -1.70. The third kappa shape index (κ3) is 3.21. The fourth-order valence-corrected chi connectivity index (χ4v) is 2.64. The Labute approximate surface area is 139 Å². The van der Waals surface area contributed by atoms with Gasteiger partial charge in [-0.3, -0.25) is 0 Å². The zero-order valence-corrected chi connectivity index (χ0v) is 14.0. The summed E-state index contributed by atoms with van der Waals surface area (Å²) < 4.78 is 5.27. The number of thioether (sulfide) groups is 1. The van der Waals surface area contributed by atoms with Gasteiger partial charge in [-0.25, -0.2) is 4.98 Å². The van der Waals surface area contributed by atoms with Crippen LogP contribution in [0.4, 0.5) is 0 Å². The minimum Gasteiger partial charge on any atom is -0.481 e. The van der Waals surface area contributed by atoms with E-state index < -0.39 is 0 Å². The second-order valence-electron chi connectivity index (χ2n) is 5.12. The molecule has 1 aromatic heterocycles. The van der Waals surface area contributed by atoms with Gasteiger partial charge in [0.15, 0.2) is 5.16 Å². The zero-order chi connectivity index (χ0) is 15.6. The summed E-state index contributed by atoms with van der Waals surface area (Å²) in [5, 5.41) is 1.44. The first-order chi connectivity index (χ1) is 10.6. The fourth-order valence-electron chi connectivity index (χ4n) is 2.14. The van der Waals surface area contributed by atoms with E-state index in [4.69, 9.17) is 16.3 Å². The molecule has 0 atom stereocenters. The quantitative estimate of drug-likeness (QED) is 0.485. The molecule has 1 saturated carbocycles. The summed E-state index contributed by atoms with van der Waals surface area (Å²) in [4.78, 5) is 8.92. The average Bonchev–Trinajstić information content (AvgIpc) is 3.35. The highest BCUT2D eigenvalue weighted by atomic mass is 35.5. The molecule has 3 rings (SSSR count). The van der Waals surface area contributed by atoms with E-state index in [2.05, 4.69) is 21.8 Å².